The highest BCUT2D eigenvalue weighted by Crippen LogP contribution is 2.26. The van der Waals surface area contributed by atoms with E-state index in [1.54, 1.807) is 0 Å². The number of anilines is 1. The van der Waals surface area contributed by atoms with Crippen LogP contribution in [0.4, 0.5) is 5.69 Å². The van der Waals surface area contributed by atoms with Gasteiger partial charge in [0.15, 0.2) is 5.58 Å². The minimum atomic E-state index is 0.732. The topological polar surface area (TPSA) is 55.3 Å². The van der Waals surface area contributed by atoms with Gasteiger partial charge in [-0.25, -0.2) is 4.98 Å². The van der Waals surface area contributed by atoms with Crippen molar-refractivity contribution in [1.82, 2.24) is 9.88 Å². The van der Waals surface area contributed by atoms with Crippen LogP contribution in [-0.4, -0.2) is 23.0 Å². The minimum absolute atomic E-state index is 0.732. The molecule has 1 aliphatic rings. The van der Waals surface area contributed by atoms with Crippen LogP contribution in [0.3, 0.4) is 0 Å². The second-order valence-corrected chi connectivity index (χ2v) is 6.19. The maximum atomic E-state index is 5.79. The summed E-state index contributed by atoms with van der Waals surface area (Å²) in [5.74, 6) is 2.47. The summed E-state index contributed by atoms with van der Waals surface area (Å²) in [5.41, 5.74) is 8.18. The number of oxazole rings is 1. The van der Waals surface area contributed by atoms with Crippen molar-refractivity contribution in [2.24, 2.45) is 11.8 Å². The van der Waals surface area contributed by atoms with Crippen LogP contribution < -0.4 is 5.73 Å². The van der Waals surface area contributed by atoms with Crippen LogP contribution in [0.25, 0.3) is 11.1 Å². The molecule has 0 amide bonds. The molecule has 1 saturated heterocycles. The standard InChI is InChI=1S/C16H23N3O/c1-11(2)12-5-7-19(8-6-12)10-16-18-14-9-13(17)3-4-15(14)20-16/h3-4,9,11-12H,5-8,10,17H2,1-2H3. The number of hydrogen-bond donors (Lipinski definition) is 1. The second kappa shape index (κ2) is 5.44. The lowest BCUT2D eigenvalue weighted by atomic mass is 9.87. The lowest BCUT2D eigenvalue weighted by Gasteiger charge is -2.33. The Hall–Kier alpha value is -1.55. The zero-order chi connectivity index (χ0) is 14.1. The number of nitrogen functional groups attached to an aromatic ring is 1. The minimum Gasteiger partial charge on any atom is -0.439 e. The van der Waals surface area contributed by atoms with Crippen LogP contribution in [0.2, 0.25) is 0 Å². The Morgan fingerprint density at radius 3 is 2.80 bits per heavy atom. The molecule has 4 nitrogen and oxygen atoms in total. The van der Waals surface area contributed by atoms with Crippen molar-refractivity contribution in [3.8, 4) is 0 Å². The first-order valence-corrected chi connectivity index (χ1v) is 7.49. The summed E-state index contributed by atoms with van der Waals surface area (Å²) in [6, 6.07) is 5.62. The van der Waals surface area contributed by atoms with E-state index in [-0.39, 0.29) is 0 Å². The van der Waals surface area contributed by atoms with E-state index in [4.69, 9.17) is 10.2 Å². The van der Waals surface area contributed by atoms with Gasteiger partial charge in [0.25, 0.3) is 0 Å². The summed E-state index contributed by atoms with van der Waals surface area (Å²) >= 11 is 0. The highest BCUT2D eigenvalue weighted by atomic mass is 16.3. The van der Waals surface area contributed by atoms with Gasteiger partial charge in [-0.3, -0.25) is 4.90 Å². The van der Waals surface area contributed by atoms with Crippen LogP contribution in [0.15, 0.2) is 22.6 Å². The van der Waals surface area contributed by atoms with Crippen LogP contribution in [0, 0.1) is 11.8 Å². The Labute approximate surface area is 120 Å². The quantitative estimate of drug-likeness (QED) is 0.872. The van der Waals surface area contributed by atoms with Gasteiger partial charge in [0.2, 0.25) is 5.89 Å². The lowest BCUT2D eigenvalue weighted by Crippen LogP contribution is -2.34. The zero-order valence-electron chi connectivity index (χ0n) is 12.3. The summed E-state index contributed by atoms with van der Waals surface area (Å²) in [7, 11) is 0. The molecule has 0 unspecified atom stereocenters. The number of nitrogens with two attached hydrogens (primary N) is 1. The third-order valence-electron chi connectivity index (χ3n) is 4.39. The van der Waals surface area contributed by atoms with Gasteiger partial charge in [-0.15, -0.1) is 0 Å². The van der Waals surface area contributed by atoms with Crippen LogP contribution in [0.5, 0.6) is 0 Å². The molecule has 0 atom stereocenters. The zero-order valence-corrected chi connectivity index (χ0v) is 12.3. The molecule has 1 fully saturated rings. The largest absolute Gasteiger partial charge is 0.439 e. The molecule has 0 aliphatic carbocycles. The van der Waals surface area contributed by atoms with Gasteiger partial charge in [0, 0.05) is 5.69 Å². The molecule has 0 spiro atoms. The van der Waals surface area contributed by atoms with Gasteiger partial charge < -0.3 is 10.2 Å². The van der Waals surface area contributed by atoms with Crippen LogP contribution >= 0.6 is 0 Å². The van der Waals surface area contributed by atoms with Crippen molar-refractivity contribution >= 4 is 16.8 Å². The fourth-order valence-electron chi connectivity index (χ4n) is 3.03. The highest BCUT2D eigenvalue weighted by Gasteiger charge is 2.22. The van der Waals surface area contributed by atoms with E-state index in [1.165, 1.54) is 12.8 Å². The number of likely N-dealkylation sites (tertiary alicyclic amines) is 1. The third-order valence-corrected chi connectivity index (χ3v) is 4.39. The summed E-state index contributed by atoms with van der Waals surface area (Å²) < 4.78 is 5.79. The van der Waals surface area contributed by atoms with Gasteiger partial charge in [-0.05, 0) is 56.0 Å². The van der Waals surface area contributed by atoms with Crippen molar-refractivity contribution < 1.29 is 4.42 Å². The van der Waals surface area contributed by atoms with E-state index in [0.29, 0.717) is 0 Å². The van der Waals surface area contributed by atoms with E-state index >= 15 is 0 Å². The van der Waals surface area contributed by atoms with E-state index in [1.807, 2.05) is 18.2 Å². The Kier molecular flexibility index (Phi) is 3.66. The molecule has 2 heterocycles. The Morgan fingerprint density at radius 1 is 1.35 bits per heavy atom. The van der Waals surface area contributed by atoms with Crippen LogP contribution in [-0.2, 0) is 6.54 Å². The highest BCUT2D eigenvalue weighted by molar-refractivity contribution is 5.76. The normalized spacial score (nSPS) is 18.1. The number of rotatable bonds is 3. The maximum absolute atomic E-state index is 5.79. The average molecular weight is 273 g/mol. The molecule has 4 heteroatoms. The Bertz CT molecular complexity index is 582. The molecule has 2 N–H and O–H groups in total. The predicted molar refractivity (Wildman–Crippen MR) is 81.3 cm³/mol. The van der Waals surface area contributed by atoms with Crippen molar-refractivity contribution in [1.29, 1.82) is 0 Å². The van der Waals surface area contributed by atoms with E-state index in [9.17, 15) is 0 Å². The first-order valence-electron chi connectivity index (χ1n) is 7.49. The number of fused-ring (bicyclic) bond motifs is 1. The molecule has 2 aromatic rings. The monoisotopic (exact) mass is 273 g/mol. The fraction of sp³-hybridized carbons (Fsp3) is 0.562. The summed E-state index contributed by atoms with van der Waals surface area (Å²) in [5, 5.41) is 0. The second-order valence-electron chi connectivity index (χ2n) is 6.19. The van der Waals surface area contributed by atoms with Gasteiger partial charge in [-0.2, -0.15) is 0 Å². The summed E-state index contributed by atoms with van der Waals surface area (Å²) in [6.45, 7) is 7.74. The molecule has 1 aliphatic heterocycles. The van der Waals surface area contributed by atoms with E-state index in [0.717, 1.165) is 54.1 Å². The predicted octanol–water partition coefficient (Wildman–Crippen LogP) is 3.28. The van der Waals surface area contributed by atoms with Gasteiger partial charge in [0.1, 0.15) is 5.52 Å². The van der Waals surface area contributed by atoms with Crippen molar-refractivity contribution in [2.75, 3.05) is 18.8 Å². The van der Waals surface area contributed by atoms with Gasteiger partial charge in [-0.1, -0.05) is 13.8 Å². The smallest absolute Gasteiger partial charge is 0.209 e. The SMILES string of the molecule is CC(C)C1CCN(Cc2nc3cc(N)ccc3o2)CC1. The van der Waals surface area contributed by atoms with Crippen molar-refractivity contribution in [3.63, 3.8) is 0 Å². The molecular weight excluding hydrogens is 250 g/mol. The van der Waals surface area contributed by atoms with Crippen molar-refractivity contribution in [2.45, 2.75) is 33.2 Å². The number of aromatic nitrogens is 1. The molecule has 0 bridgehead atoms. The Morgan fingerprint density at radius 2 is 2.10 bits per heavy atom. The van der Waals surface area contributed by atoms with Crippen molar-refractivity contribution in [3.05, 3.63) is 24.1 Å². The maximum Gasteiger partial charge on any atom is 0.209 e. The van der Waals surface area contributed by atoms with Gasteiger partial charge >= 0.3 is 0 Å². The van der Waals surface area contributed by atoms with E-state index < -0.39 is 0 Å². The molecule has 3 rings (SSSR count). The number of nitrogens with zero attached hydrogens (tertiary/aromatic N) is 2. The molecular formula is C16H23N3O. The molecule has 1 aromatic heterocycles. The molecule has 0 saturated carbocycles. The first-order chi connectivity index (χ1) is 9.61. The molecule has 20 heavy (non-hydrogen) atoms. The summed E-state index contributed by atoms with van der Waals surface area (Å²) in [4.78, 5) is 6.97. The first kappa shape index (κ1) is 13.4. The molecule has 0 radical (unpaired) electrons. The Balaban J connectivity index is 1.65. The number of piperidine rings is 1. The van der Waals surface area contributed by atoms with E-state index in [2.05, 4.69) is 23.7 Å². The molecule has 1 aromatic carbocycles. The molecule has 108 valence electrons. The number of hydrogen-bond acceptors (Lipinski definition) is 4. The third kappa shape index (κ3) is 2.80. The summed E-state index contributed by atoms with van der Waals surface area (Å²) in [6.07, 6.45) is 2.57. The van der Waals surface area contributed by atoms with Gasteiger partial charge in [0.05, 0.1) is 6.54 Å². The number of benzene rings is 1. The average Bonchev–Trinajstić information content (AvgIpc) is 2.80. The van der Waals surface area contributed by atoms with Crippen LogP contribution in [0.1, 0.15) is 32.6 Å². The fourth-order valence-corrected chi connectivity index (χ4v) is 3.03. The lowest BCUT2D eigenvalue weighted by molar-refractivity contribution is 0.142.